The van der Waals surface area contributed by atoms with Crippen molar-refractivity contribution in [2.75, 3.05) is 0 Å². The molecule has 1 heterocycles. The predicted octanol–water partition coefficient (Wildman–Crippen LogP) is 2.51. The van der Waals surface area contributed by atoms with E-state index in [1.54, 1.807) is 11.3 Å². The summed E-state index contributed by atoms with van der Waals surface area (Å²) in [5.74, 6) is 0. The number of nitrogens with zero attached hydrogens (tertiary/aromatic N) is 2. The summed E-state index contributed by atoms with van der Waals surface area (Å²) in [4.78, 5) is 5.41. The van der Waals surface area contributed by atoms with E-state index in [1.165, 1.54) is 4.88 Å². The fraction of sp³-hybridized carbons (Fsp3) is 0.556. The molecule has 64 valence electrons. The maximum Gasteiger partial charge on any atom is 0.107 e. The van der Waals surface area contributed by atoms with Crippen molar-refractivity contribution in [2.45, 2.75) is 32.6 Å². The lowest BCUT2D eigenvalue weighted by Gasteiger charge is -2.14. The maximum absolute atomic E-state index is 8.45. The summed E-state index contributed by atoms with van der Waals surface area (Å²) >= 11 is 1.63. The highest BCUT2D eigenvalue weighted by Gasteiger charge is 2.16. The Morgan fingerprint density at radius 3 is 2.67 bits per heavy atom. The van der Waals surface area contributed by atoms with E-state index in [0.717, 1.165) is 5.01 Å². The first-order valence-corrected chi connectivity index (χ1v) is 4.68. The van der Waals surface area contributed by atoms with Gasteiger partial charge in [0.2, 0.25) is 0 Å². The van der Waals surface area contributed by atoms with E-state index in [-0.39, 0.29) is 5.41 Å². The van der Waals surface area contributed by atoms with Crippen LogP contribution in [0.1, 0.15) is 30.7 Å². The third-order valence-electron chi connectivity index (χ3n) is 1.52. The Bertz CT molecular complexity index is 301. The van der Waals surface area contributed by atoms with Crippen LogP contribution in [-0.2, 0) is 11.8 Å². The Morgan fingerprint density at radius 2 is 2.25 bits per heavy atom. The van der Waals surface area contributed by atoms with Crippen molar-refractivity contribution in [2.24, 2.45) is 0 Å². The van der Waals surface area contributed by atoms with Crippen LogP contribution in [-0.4, -0.2) is 4.98 Å². The first kappa shape index (κ1) is 9.21. The van der Waals surface area contributed by atoms with E-state index in [4.69, 9.17) is 5.26 Å². The molecule has 3 heteroatoms. The molecule has 0 saturated carbocycles. The number of thiazole rings is 1. The van der Waals surface area contributed by atoms with Crippen LogP contribution in [0.25, 0.3) is 0 Å². The second kappa shape index (κ2) is 3.24. The van der Waals surface area contributed by atoms with Gasteiger partial charge in [-0.25, -0.2) is 4.98 Å². The molecule has 0 aliphatic rings. The van der Waals surface area contributed by atoms with Gasteiger partial charge in [0, 0.05) is 11.1 Å². The maximum atomic E-state index is 8.45. The zero-order valence-electron chi connectivity index (χ0n) is 7.59. The van der Waals surface area contributed by atoms with Crippen molar-refractivity contribution in [1.29, 1.82) is 5.26 Å². The lowest BCUT2D eigenvalue weighted by Crippen LogP contribution is -2.07. The summed E-state index contributed by atoms with van der Waals surface area (Å²) in [6.07, 6.45) is 2.30. The van der Waals surface area contributed by atoms with Crippen LogP contribution in [0, 0.1) is 11.3 Å². The van der Waals surface area contributed by atoms with Gasteiger partial charge in [-0.05, 0) is 5.41 Å². The second-order valence-corrected chi connectivity index (χ2v) is 4.82. The first-order valence-electron chi connectivity index (χ1n) is 3.86. The summed E-state index contributed by atoms with van der Waals surface area (Å²) in [5.41, 5.74) is 0.158. The molecule has 1 rings (SSSR count). The zero-order chi connectivity index (χ0) is 9.19. The average Bonchev–Trinajstić information content (AvgIpc) is 2.35. The van der Waals surface area contributed by atoms with Crippen LogP contribution in [0.2, 0.25) is 0 Å². The Labute approximate surface area is 76.9 Å². The molecule has 1 aromatic heterocycles. The number of nitriles is 1. The molecule has 0 N–H and O–H groups in total. The van der Waals surface area contributed by atoms with Crippen molar-refractivity contribution in [3.63, 3.8) is 0 Å². The van der Waals surface area contributed by atoms with Crippen LogP contribution >= 0.6 is 11.3 Å². The monoisotopic (exact) mass is 180 g/mol. The van der Waals surface area contributed by atoms with Gasteiger partial charge in [-0.1, -0.05) is 20.8 Å². The highest BCUT2D eigenvalue weighted by molar-refractivity contribution is 7.11. The standard InChI is InChI=1S/C9H12N2S/c1-9(2,3)7-6-11-8(12-7)4-5-10/h6H,4H2,1-3H3. The summed E-state index contributed by atoms with van der Waals surface area (Å²) in [7, 11) is 0. The molecule has 0 radical (unpaired) electrons. The molecule has 0 bridgehead atoms. The van der Waals surface area contributed by atoms with E-state index in [1.807, 2.05) is 6.20 Å². The summed E-state index contributed by atoms with van der Waals surface area (Å²) in [6, 6.07) is 2.10. The summed E-state index contributed by atoms with van der Waals surface area (Å²) in [6.45, 7) is 6.45. The molecular weight excluding hydrogens is 168 g/mol. The molecule has 0 aromatic carbocycles. The largest absolute Gasteiger partial charge is 0.248 e. The lowest BCUT2D eigenvalue weighted by molar-refractivity contribution is 0.602. The third kappa shape index (κ3) is 2.05. The fourth-order valence-electron chi connectivity index (χ4n) is 0.806. The molecule has 2 nitrogen and oxygen atoms in total. The smallest absolute Gasteiger partial charge is 0.107 e. The molecule has 0 amide bonds. The first-order chi connectivity index (χ1) is 5.54. The van der Waals surface area contributed by atoms with Gasteiger partial charge in [0.1, 0.15) is 5.01 Å². The molecule has 12 heavy (non-hydrogen) atoms. The highest BCUT2D eigenvalue weighted by atomic mass is 32.1. The van der Waals surface area contributed by atoms with Crippen molar-refractivity contribution in [1.82, 2.24) is 4.98 Å². The van der Waals surface area contributed by atoms with Gasteiger partial charge in [0.15, 0.2) is 0 Å². The quantitative estimate of drug-likeness (QED) is 0.665. The third-order valence-corrected chi connectivity index (χ3v) is 2.95. The topological polar surface area (TPSA) is 36.7 Å². The van der Waals surface area contributed by atoms with Crippen molar-refractivity contribution < 1.29 is 0 Å². The minimum Gasteiger partial charge on any atom is -0.248 e. The van der Waals surface area contributed by atoms with Gasteiger partial charge in [-0.2, -0.15) is 5.26 Å². The molecule has 0 unspecified atom stereocenters. The van der Waals surface area contributed by atoms with Crippen LogP contribution in [0.4, 0.5) is 0 Å². The molecule has 0 fully saturated rings. The van der Waals surface area contributed by atoms with Gasteiger partial charge >= 0.3 is 0 Å². The summed E-state index contributed by atoms with van der Waals surface area (Å²) in [5, 5.41) is 9.37. The average molecular weight is 180 g/mol. The summed E-state index contributed by atoms with van der Waals surface area (Å²) < 4.78 is 0. The van der Waals surface area contributed by atoms with E-state index in [9.17, 15) is 0 Å². The molecule has 1 aromatic rings. The van der Waals surface area contributed by atoms with Gasteiger partial charge in [-0.3, -0.25) is 0 Å². The van der Waals surface area contributed by atoms with Gasteiger partial charge in [0.05, 0.1) is 12.5 Å². The molecule has 0 aliphatic carbocycles. The second-order valence-electron chi connectivity index (χ2n) is 3.70. The molecular formula is C9H12N2S. The van der Waals surface area contributed by atoms with Gasteiger partial charge in [0.25, 0.3) is 0 Å². The van der Waals surface area contributed by atoms with Crippen LogP contribution < -0.4 is 0 Å². The van der Waals surface area contributed by atoms with Crippen LogP contribution in [0.5, 0.6) is 0 Å². The number of hydrogen-bond donors (Lipinski definition) is 0. The van der Waals surface area contributed by atoms with Crippen LogP contribution in [0.15, 0.2) is 6.20 Å². The van der Waals surface area contributed by atoms with E-state index in [2.05, 4.69) is 31.8 Å². The Balaban J connectivity index is 2.86. The van der Waals surface area contributed by atoms with E-state index >= 15 is 0 Å². The van der Waals surface area contributed by atoms with Crippen molar-refractivity contribution in [3.8, 4) is 6.07 Å². The van der Waals surface area contributed by atoms with Crippen molar-refractivity contribution in [3.05, 3.63) is 16.1 Å². The SMILES string of the molecule is CC(C)(C)c1cnc(CC#N)s1. The molecule has 0 spiro atoms. The molecule has 0 saturated heterocycles. The number of aromatic nitrogens is 1. The zero-order valence-corrected chi connectivity index (χ0v) is 8.40. The minimum atomic E-state index is 0.158. The molecule has 0 aliphatic heterocycles. The number of hydrogen-bond acceptors (Lipinski definition) is 3. The predicted molar refractivity (Wildman–Crippen MR) is 50.1 cm³/mol. The minimum absolute atomic E-state index is 0.158. The van der Waals surface area contributed by atoms with E-state index < -0.39 is 0 Å². The Morgan fingerprint density at radius 1 is 1.58 bits per heavy atom. The Kier molecular flexibility index (Phi) is 2.49. The highest BCUT2D eigenvalue weighted by Crippen LogP contribution is 2.27. The van der Waals surface area contributed by atoms with E-state index in [0.29, 0.717) is 6.42 Å². The molecule has 0 atom stereocenters. The van der Waals surface area contributed by atoms with Gasteiger partial charge in [-0.15, -0.1) is 11.3 Å². The fourth-order valence-corrected chi connectivity index (χ4v) is 1.71. The number of rotatable bonds is 1. The lowest BCUT2D eigenvalue weighted by atomic mass is 9.96. The van der Waals surface area contributed by atoms with Crippen LogP contribution in [0.3, 0.4) is 0 Å². The Hall–Kier alpha value is -0.880. The van der Waals surface area contributed by atoms with Gasteiger partial charge < -0.3 is 0 Å². The normalized spacial score (nSPS) is 11.2. The van der Waals surface area contributed by atoms with Crippen molar-refractivity contribution >= 4 is 11.3 Å².